The van der Waals surface area contributed by atoms with E-state index in [-0.39, 0.29) is 0 Å². The highest BCUT2D eigenvalue weighted by Crippen LogP contribution is 2.20. The molecular formula is C15H17N5. The van der Waals surface area contributed by atoms with Crippen LogP contribution < -0.4 is 5.32 Å². The van der Waals surface area contributed by atoms with Gasteiger partial charge in [-0.2, -0.15) is 5.10 Å². The summed E-state index contributed by atoms with van der Waals surface area (Å²) in [6.07, 6.45) is 1.82. The summed E-state index contributed by atoms with van der Waals surface area (Å²) >= 11 is 0. The topological polar surface area (TPSA) is 55.6 Å². The van der Waals surface area contributed by atoms with Gasteiger partial charge in [0.25, 0.3) is 0 Å². The first-order chi connectivity index (χ1) is 9.67. The zero-order valence-corrected chi connectivity index (χ0v) is 11.9. The Bertz CT molecular complexity index is 760. The van der Waals surface area contributed by atoms with E-state index in [0.717, 1.165) is 22.7 Å². The molecule has 0 radical (unpaired) electrons. The van der Waals surface area contributed by atoms with Gasteiger partial charge in [0, 0.05) is 7.05 Å². The SMILES string of the molecule is CNc1nc(C)nc2c1cnn2Cc1cccc(C)c1. The van der Waals surface area contributed by atoms with E-state index in [1.54, 1.807) is 0 Å². The van der Waals surface area contributed by atoms with Crippen LogP contribution in [0, 0.1) is 13.8 Å². The molecule has 0 aliphatic carbocycles. The highest BCUT2D eigenvalue weighted by Gasteiger charge is 2.10. The fourth-order valence-corrected chi connectivity index (χ4v) is 2.35. The minimum Gasteiger partial charge on any atom is -0.372 e. The Kier molecular flexibility index (Phi) is 3.10. The first-order valence-corrected chi connectivity index (χ1v) is 6.61. The molecular weight excluding hydrogens is 250 g/mol. The normalized spacial score (nSPS) is 10.9. The molecule has 2 heterocycles. The first kappa shape index (κ1) is 12.6. The predicted octanol–water partition coefficient (Wildman–Crippen LogP) is 2.53. The Labute approximate surface area is 117 Å². The summed E-state index contributed by atoms with van der Waals surface area (Å²) in [6.45, 7) is 4.70. The summed E-state index contributed by atoms with van der Waals surface area (Å²) < 4.78 is 1.92. The quantitative estimate of drug-likeness (QED) is 0.792. The van der Waals surface area contributed by atoms with Crippen LogP contribution in [0.25, 0.3) is 11.0 Å². The molecule has 0 atom stereocenters. The average molecular weight is 267 g/mol. The minimum atomic E-state index is 0.713. The number of hydrogen-bond donors (Lipinski definition) is 1. The van der Waals surface area contributed by atoms with Crippen molar-refractivity contribution >= 4 is 16.9 Å². The van der Waals surface area contributed by atoms with Gasteiger partial charge < -0.3 is 5.32 Å². The third-order valence-electron chi connectivity index (χ3n) is 3.26. The standard InChI is InChI=1S/C15H17N5/c1-10-5-4-6-12(7-10)9-20-15-13(8-17-20)14(16-3)18-11(2)19-15/h4-8H,9H2,1-3H3,(H,16,18,19). The Hall–Kier alpha value is -2.43. The molecule has 0 fully saturated rings. The molecule has 2 aromatic heterocycles. The Morgan fingerprint density at radius 3 is 2.80 bits per heavy atom. The van der Waals surface area contributed by atoms with Crippen molar-refractivity contribution in [3.05, 3.63) is 47.4 Å². The first-order valence-electron chi connectivity index (χ1n) is 6.61. The maximum Gasteiger partial charge on any atom is 0.163 e. The number of nitrogens with one attached hydrogen (secondary N) is 1. The number of rotatable bonds is 3. The van der Waals surface area contributed by atoms with Crippen molar-refractivity contribution in [3.63, 3.8) is 0 Å². The molecule has 5 nitrogen and oxygen atoms in total. The number of nitrogens with zero attached hydrogens (tertiary/aromatic N) is 4. The lowest BCUT2D eigenvalue weighted by Gasteiger charge is -2.06. The van der Waals surface area contributed by atoms with Crippen molar-refractivity contribution in [2.45, 2.75) is 20.4 Å². The Morgan fingerprint density at radius 1 is 1.20 bits per heavy atom. The molecule has 0 unspecified atom stereocenters. The third-order valence-corrected chi connectivity index (χ3v) is 3.26. The number of aryl methyl sites for hydroxylation is 2. The summed E-state index contributed by atoms with van der Waals surface area (Å²) in [5.41, 5.74) is 3.33. The molecule has 3 aromatic rings. The van der Waals surface area contributed by atoms with Gasteiger partial charge in [-0.1, -0.05) is 29.8 Å². The van der Waals surface area contributed by atoms with Gasteiger partial charge in [-0.25, -0.2) is 14.6 Å². The number of anilines is 1. The van der Waals surface area contributed by atoms with Crippen LogP contribution in [0.2, 0.25) is 0 Å². The second-order valence-corrected chi connectivity index (χ2v) is 4.90. The van der Waals surface area contributed by atoms with Gasteiger partial charge in [-0.05, 0) is 19.4 Å². The van der Waals surface area contributed by atoms with E-state index in [1.807, 2.05) is 24.9 Å². The smallest absolute Gasteiger partial charge is 0.163 e. The van der Waals surface area contributed by atoms with Gasteiger partial charge in [0.2, 0.25) is 0 Å². The maximum absolute atomic E-state index is 4.51. The fraction of sp³-hybridized carbons (Fsp3) is 0.267. The zero-order chi connectivity index (χ0) is 14.1. The van der Waals surface area contributed by atoms with Gasteiger partial charge in [0.05, 0.1) is 18.1 Å². The van der Waals surface area contributed by atoms with E-state index >= 15 is 0 Å². The lowest BCUT2D eigenvalue weighted by atomic mass is 10.1. The highest BCUT2D eigenvalue weighted by molar-refractivity contribution is 5.86. The maximum atomic E-state index is 4.51. The van der Waals surface area contributed by atoms with Gasteiger partial charge in [0.1, 0.15) is 11.6 Å². The van der Waals surface area contributed by atoms with Crippen LogP contribution in [0.3, 0.4) is 0 Å². The second kappa shape index (κ2) is 4.92. The molecule has 0 aliphatic rings. The lowest BCUT2D eigenvalue weighted by molar-refractivity contribution is 0.702. The number of benzene rings is 1. The largest absolute Gasteiger partial charge is 0.372 e. The predicted molar refractivity (Wildman–Crippen MR) is 79.9 cm³/mol. The van der Waals surface area contributed by atoms with Crippen LogP contribution in [0.4, 0.5) is 5.82 Å². The monoisotopic (exact) mass is 267 g/mol. The van der Waals surface area contributed by atoms with E-state index < -0.39 is 0 Å². The van der Waals surface area contributed by atoms with E-state index in [1.165, 1.54) is 11.1 Å². The summed E-state index contributed by atoms with van der Waals surface area (Å²) in [7, 11) is 1.86. The molecule has 1 aromatic carbocycles. The van der Waals surface area contributed by atoms with Crippen LogP contribution in [-0.4, -0.2) is 26.8 Å². The summed E-state index contributed by atoms with van der Waals surface area (Å²) in [5.74, 6) is 1.57. The molecule has 3 rings (SSSR count). The second-order valence-electron chi connectivity index (χ2n) is 4.90. The molecule has 20 heavy (non-hydrogen) atoms. The van der Waals surface area contributed by atoms with Gasteiger partial charge in [-0.3, -0.25) is 0 Å². The number of fused-ring (bicyclic) bond motifs is 1. The van der Waals surface area contributed by atoms with Crippen LogP contribution >= 0.6 is 0 Å². The van der Waals surface area contributed by atoms with Crippen molar-refractivity contribution < 1.29 is 0 Å². The molecule has 0 bridgehead atoms. The van der Waals surface area contributed by atoms with Crippen molar-refractivity contribution in [1.29, 1.82) is 0 Å². The van der Waals surface area contributed by atoms with Gasteiger partial charge >= 0.3 is 0 Å². The fourth-order valence-electron chi connectivity index (χ4n) is 2.35. The van der Waals surface area contributed by atoms with Crippen molar-refractivity contribution in [2.75, 3.05) is 12.4 Å². The van der Waals surface area contributed by atoms with E-state index in [4.69, 9.17) is 0 Å². The molecule has 0 spiro atoms. The summed E-state index contributed by atoms with van der Waals surface area (Å²) in [4.78, 5) is 8.89. The van der Waals surface area contributed by atoms with Crippen LogP contribution in [-0.2, 0) is 6.54 Å². The number of aromatic nitrogens is 4. The Morgan fingerprint density at radius 2 is 2.05 bits per heavy atom. The molecule has 0 aliphatic heterocycles. The molecule has 0 saturated heterocycles. The van der Waals surface area contributed by atoms with Crippen molar-refractivity contribution in [1.82, 2.24) is 19.7 Å². The van der Waals surface area contributed by atoms with Crippen molar-refractivity contribution in [2.24, 2.45) is 0 Å². The Balaban J connectivity index is 2.06. The third kappa shape index (κ3) is 2.22. The van der Waals surface area contributed by atoms with Gasteiger partial charge in [-0.15, -0.1) is 0 Å². The molecule has 0 saturated carbocycles. The summed E-state index contributed by atoms with van der Waals surface area (Å²) in [5, 5.41) is 8.49. The highest BCUT2D eigenvalue weighted by atomic mass is 15.3. The van der Waals surface area contributed by atoms with Crippen LogP contribution in [0.15, 0.2) is 30.5 Å². The molecule has 102 valence electrons. The molecule has 0 amide bonds. The average Bonchev–Trinajstić information content (AvgIpc) is 2.81. The summed E-state index contributed by atoms with van der Waals surface area (Å²) in [6, 6.07) is 8.43. The van der Waals surface area contributed by atoms with Crippen molar-refractivity contribution in [3.8, 4) is 0 Å². The lowest BCUT2D eigenvalue weighted by Crippen LogP contribution is -2.05. The van der Waals surface area contributed by atoms with Crippen LogP contribution in [0.1, 0.15) is 17.0 Å². The molecule has 5 heteroatoms. The minimum absolute atomic E-state index is 0.713. The van der Waals surface area contributed by atoms with E-state index in [9.17, 15) is 0 Å². The number of hydrogen-bond acceptors (Lipinski definition) is 4. The van der Waals surface area contributed by atoms with Gasteiger partial charge in [0.15, 0.2) is 5.65 Å². The van der Waals surface area contributed by atoms with E-state index in [0.29, 0.717) is 6.54 Å². The molecule has 1 N–H and O–H groups in total. The van der Waals surface area contributed by atoms with E-state index in [2.05, 4.69) is 51.6 Å². The zero-order valence-electron chi connectivity index (χ0n) is 11.9. The van der Waals surface area contributed by atoms with Crippen LogP contribution in [0.5, 0.6) is 0 Å².